The van der Waals surface area contributed by atoms with E-state index >= 15 is 0 Å². The Morgan fingerprint density at radius 1 is 1.32 bits per heavy atom. The third-order valence-electron chi connectivity index (χ3n) is 3.48. The van der Waals surface area contributed by atoms with Crippen molar-refractivity contribution in [1.82, 2.24) is 4.72 Å². The van der Waals surface area contributed by atoms with Gasteiger partial charge in [0.05, 0.1) is 4.90 Å². The molecular weight excluding hydrogens is 267 g/mol. The molecule has 0 aliphatic carbocycles. The van der Waals surface area contributed by atoms with Crippen molar-refractivity contribution in [2.24, 2.45) is 5.73 Å². The molecule has 1 aromatic rings. The van der Waals surface area contributed by atoms with Crippen molar-refractivity contribution < 1.29 is 12.8 Å². The molecular formula is C13H21FN2O2S. The molecule has 19 heavy (non-hydrogen) atoms. The summed E-state index contributed by atoms with van der Waals surface area (Å²) in [6, 6.07) is 3.62. The molecule has 0 fully saturated rings. The van der Waals surface area contributed by atoms with Crippen LogP contribution < -0.4 is 10.5 Å². The van der Waals surface area contributed by atoms with Gasteiger partial charge in [0.15, 0.2) is 0 Å². The summed E-state index contributed by atoms with van der Waals surface area (Å²) in [7, 11) is -3.78. The maximum atomic E-state index is 13.3. The highest BCUT2D eigenvalue weighted by atomic mass is 32.2. The van der Waals surface area contributed by atoms with E-state index in [0.717, 1.165) is 6.07 Å². The third kappa shape index (κ3) is 3.75. The summed E-state index contributed by atoms with van der Waals surface area (Å²) >= 11 is 0. The lowest BCUT2D eigenvalue weighted by atomic mass is 9.98. The Balaban J connectivity index is 3.24. The van der Waals surface area contributed by atoms with Crippen molar-refractivity contribution in [3.8, 4) is 0 Å². The molecule has 0 amide bonds. The average Bonchev–Trinajstić information content (AvgIpc) is 2.38. The van der Waals surface area contributed by atoms with Crippen LogP contribution in [0.1, 0.15) is 39.2 Å². The van der Waals surface area contributed by atoms with Crippen LogP contribution in [-0.2, 0) is 16.6 Å². The quantitative estimate of drug-likeness (QED) is 0.842. The average molecular weight is 288 g/mol. The van der Waals surface area contributed by atoms with Crippen molar-refractivity contribution in [2.75, 3.05) is 0 Å². The first-order chi connectivity index (χ1) is 8.78. The molecule has 1 aromatic carbocycles. The fraction of sp³-hybridized carbons (Fsp3) is 0.538. The standard InChI is InChI=1S/C13H21FN2O2S/c1-4-13(3,5-2)16-19(17,18)12-8-11(14)7-6-10(12)9-15/h6-8,16H,4-5,9,15H2,1-3H3. The van der Waals surface area contributed by atoms with Crippen LogP contribution >= 0.6 is 0 Å². The van der Waals surface area contributed by atoms with Gasteiger partial charge in [-0.3, -0.25) is 0 Å². The summed E-state index contributed by atoms with van der Waals surface area (Å²) in [6.07, 6.45) is 1.30. The van der Waals surface area contributed by atoms with Gasteiger partial charge in [-0.15, -0.1) is 0 Å². The first-order valence-electron chi connectivity index (χ1n) is 6.30. The van der Waals surface area contributed by atoms with Crippen LogP contribution in [-0.4, -0.2) is 14.0 Å². The molecule has 108 valence electrons. The van der Waals surface area contributed by atoms with Crippen molar-refractivity contribution >= 4 is 10.0 Å². The highest BCUT2D eigenvalue weighted by molar-refractivity contribution is 7.89. The molecule has 0 bridgehead atoms. The molecule has 0 spiro atoms. The van der Waals surface area contributed by atoms with Crippen molar-refractivity contribution in [2.45, 2.75) is 50.6 Å². The Hall–Kier alpha value is -0.980. The summed E-state index contributed by atoms with van der Waals surface area (Å²) in [4.78, 5) is -0.0804. The monoisotopic (exact) mass is 288 g/mol. The normalized spacial score (nSPS) is 12.7. The maximum Gasteiger partial charge on any atom is 0.241 e. The number of rotatable bonds is 6. The molecule has 0 saturated carbocycles. The molecule has 4 nitrogen and oxygen atoms in total. The number of hydrogen-bond acceptors (Lipinski definition) is 3. The molecule has 0 aliphatic rings. The van der Waals surface area contributed by atoms with Crippen LogP contribution in [0.25, 0.3) is 0 Å². The first kappa shape index (κ1) is 16.1. The Morgan fingerprint density at radius 3 is 2.37 bits per heavy atom. The summed E-state index contributed by atoms with van der Waals surface area (Å²) in [6.45, 7) is 5.68. The van der Waals surface area contributed by atoms with E-state index in [0.29, 0.717) is 18.4 Å². The van der Waals surface area contributed by atoms with E-state index in [1.165, 1.54) is 12.1 Å². The molecule has 0 saturated heterocycles. The molecule has 3 N–H and O–H groups in total. The number of halogens is 1. The summed E-state index contributed by atoms with van der Waals surface area (Å²) < 4.78 is 40.6. The van der Waals surface area contributed by atoms with Gasteiger partial charge in [0.1, 0.15) is 5.82 Å². The summed E-state index contributed by atoms with van der Waals surface area (Å²) in [5.74, 6) is -0.590. The first-order valence-corrected chi connectivity index (χ1v) is 7.78. The molecule has 0 aliphatic heterocycles. The van der Waals surface area contributed by atoms with E-state index in [-0.39, 0.29) is 11.4 Å². The fourth-order valence-corrected chi connectivity index (χ4v) is 3.53. The Morgan fingerprint density at radius 2 is 1.89 bits per heavy atom. The van der Waals surface area contributed by atoms with Crippen LogP contribution in [0.5, 0.6) is 0 Å². The molecule has 0 radical (unpaired) electrons. The van der Waals surface area contributed by atoms with Crippen LogP contribution in [0.2, 0.25) is 0 Å². The summed E-state index contributed by atoms with van der Waals surface area (Å²) in [5, 5.41) is 0. The van der Waals surface area contributed by atoms with Crippen LogP contribution in [0, 0.1) is 5.82 Å². The van der Waals surface area contributed by atoms with E-state index in [2.05, 4.69) is 4.72 Å². The van der Waals surface area contributed by atoms with Crippen LogP contribution in [0.4, 0.5) is 4.39 Å². The lowest BCUT2D eigenvalue weighted by Crippen LogP contribution is -2.45. The predicted octanol–water partition coefficient (Wildman–Crippen LogP) is 2.14. The second-order valence-electron chi connectivity index (χ2n) is 4.83. The van der Waals surface area contributed by atoms with Crippen molar-refractivity contribution in [3.63, 3.8) is 0 Å². The van der Waals surface area contributed by atoms with Gasteiger partial charge in [-0.05, 0) is 37.5 Å². The van der Waals surface area contributed by atoms with E-state index in [1.54, 1.807) is 0 Å². The Kier molecular flexibility index (Phi) is 5.06. The lowest BCUT2D eigenvalue weighted by Gasteiger charge is -2.28. The molecule has 0 heterocycles. The van der Waals surface area contributed by atoms with Crippen molar-refractivity contribution in [1.29, 1.82) is 0 Å². The minimum Gasteiger partial charge on any atom is -0.326 e. The van der Waals surface area contributed by atoms with Gasteiger partial charge >= 0.3 is 0 Å². The van der Waals surface area contributed by atoms with Crippen LogP contribution in [0.3, 0.4) is 0 Å². The van der Waals surface area contributed by atoms with Gasteiger partial charge in [0.2, 0.25) is 10.0 Å². The number of nitrogens with one attached hydrogen (secondary N) is 1. The molecule has 0 unspecified atom stereocenters. The number of sulfonamides is 1. The van der Waals surface area contributed by atoms with E-state index in [4.69, 9.17) is 5.73 Å². The van der Waals surface area contributed by atoms with Crippen LogP contribution in [0.15, 0.2) is 23.1 Å². The maximum absolute atomic E-state index is 13.3. The number of nitrogens with two attached hydrogens (primary N) is 1. The van der Waals surface area contributed by atoms with Gasteiger partial charge in [-0.25, -0.2) is 17.5 Å². The molecule has 0 aromatic heterocycles. The minimum absolute atomic E-state index is 0.0471. The zero-order valence-electron chi connectivity index (χ0n) is 11.5. The van der Waals surface area contributed by atoms with E-state index < -0.39 is 21.4 Å². The lowest BCUT2D eigenvalue weighted by molar-refractivity contribution is 0.388. The predicted molar refractivity (Wildman–Crippen MR) is 73.6 cm³/mol. The van der Waals surface area contributed by atoms with Gasteiger partial charge < -0.3 is 5.73 Å². The number of hydrogen-bond donors (Lipinski definition) is 2. The second kappa shape index (κ2) is 5.98. The van der Waals surface area contributed by atoms with Gasteiger partial charge in [0, 0.05) is 12.1 Å². The molecule has 0 atom stereocenters. The van der Waals surface area contributed by atoms with E-state index in [9.17, 15) is 12.8 Å². The third-order valence-corrected chi connectivity index (χ3v) is 5.20. The zero-order valence-corrected chi connectivity index (χ0v) is 12.3. The zero-order chi connectivity index (χ0) is 14.7. The minimum atomic E-state index is -3.78. The largest absolute Gasteiger partial charge is 0.326 e. The van der Waals surface area contributed by atoms with Crippen molar-refractivity contribution in [3.05, 3.63) is 29.6 Å². The highest BCUT2D eigenvalue weighted by Gasteiger charge is 2.28. The molecule has 1 rings (SSSR count). The Bertz CT molecular complexity index is 540. The Labute approximate surface area is 114 Å². The fourth-order valence-electron chi connectivity index (χ4n) is 1.72. The molecule has 6 heteroatoms. The summed E-state index contributed by atoms with van der Waals surface area (Å²) in [5.41, 5.74) is 5.37. The van der Waals surface area contributed by atoms with E-state index in [1.807, 2.05) is 20.8 Å². The van der Waals surface area contributed by atoms with Gasteiger partial charge in [-0.1, -0.05) is 19.9 Å². The highest BCUT2D eigenvalue weighted by Crippen LogP contribution is 2.22. The second-order valence-corrected chi connectivity index (χ2v) is 6.48. The van der Waals surface area contributed by atoms with Gasteiger partial charge in [0.25, 0.3) is 0 Å². The van der Waals surface area contributed by atoms with Gasteiger partial charge in [-0.2, -0.15) is 0 Å². The SMILES string of the molecule is CCC(C)(CC)NS(=O)(=O)c1cc(F)ccc1CN. The number of benzene rings is 1. The smallest absolute Gasteiger partial charge is 0.241 e. The topological polar surface area (TPSA) is 72.2 Å².